The zero-order chi connectivity index (χ0) is 12.3. The summed E-state index contributed by atoms with van der Waals surface area (Å²) in [7, 11) is 0. The molecular weight excluding hydrogens is 224 g/mol. The zero-order valence-electron chi connectivity index (χ0n) is 8.99. The van der Waals surface area contributed by atoms with Crippen LogP contribution in [0.25, 0.3) is 0 Å². The van der Waals surface area contributed by atoms with E-state index in [0.717, 1.165) is 0 Å². The number of rotatable bonds is 3. The molecule has 0 spiro atoms. The molecule has 0 aliphatic heterocycles. The highest BCUT2D eigenvalue weighted by Gasteiger charge is 2.05. The van der Waals surface area contributed by atoms with E-state index < -0.39 is 5.82 Å². The molecule has 2 nitrogen and oxygen atoms in total. The lowest BCUT2D eigenvalue weighted by atomic mass is 10.2. The molecule has 0 fully saturated rings. The molecule has 0 aliphatic rings. The van der Waals surface area contributed by atoms with Crippen LogP contribution in [0.2, 0.25) is 0 Å². The minimum atomic E-state index is -0.489. The summed E-state index contributed by atoms with van der Waals surface area (Å²) in [5.41, 5.74) is 6.08. The van der Waals surface area contributed by atoms with E-state index in [1.54, 1.807) is 6.07 Å². The van der Waals surface area contributed by atoms with Gasteiger partial charge in [0, 0.05) is 6.54 Å². The highest BCUT2D eigenvalue weighted by Crippen LogP contribution is 2.25. The third kappa shape index (κ3) is 2.79. The number of hydrogen-bond acceptors (Lipinski definition) is 2. The van der Waals surface area contributed by atoms with Crippen molar-refractivity contribution in [3.63, 3.8) is 0 Å². The van der Waals surface area contributed by atoms with Gasteiger partial charge in [-0.15, -0.1) is 0 Å². The summed E-state index contributed by atoms with van der Waals surface area (Å²) in [5, 5.41) is 0. The first-order chi connectivity index (χ1) is 8.19. The van der Waals surface area contributed by atoms with Crippen molar-refractivity contribution in [2.45, 2.75) is 6.54 Å². The van der Waals surface area contributed by atoms with Gasteiger partial charge in [-0.3, -0.25) is 0 Å². The van der Waals surface area contributed by atoms with E-state index in [1.807, 2.05) is 0 Å². The summed E-state index contributed by atoms with van der Waals surface area (Å²) in [4.78, 5) is 0. The molecule has 0 bridgehead atoms. The number of ether oxygens (including phenoxy) is 1. The van der Waals surface area contributed by atoms with Crippen LogP contribution in [0.5, 0.6) is 11.5 Å². The molecule has 0 saturated heterocycles. The summed E-state index contributed by atoms with van der Waals surface area (Å²) in [6.07, 6.45) is 0. The molecule has 2 N–H and O–H groups in total. The first-order valence-corrected chi connectivity index (χ1v) is 5.11. The molecule has 4 heteroatoms. The lowest BCUT2D eigenvalue weighted by molar-refractivity contribution is 0.440. The Kier molecular flexibility index (Phi) is 3.35. The van der Waals surface area contributed by atoms with Crippen LogP contribution in [-0.2, 0) is 6.54 Å². The maximum atomic E-state index is 13.5. The standard InChI is InChI=1S/C13H11F2NO/c14-10-2-4-11(5-3-10)17-13-6-1-9(8-16)7-12(13)15/h1-7H,8,16H2. The van der Waals surface area contributed by atoms with Crippen LogP contribution in [0.15, 0.2) is 42.5 Å². The van der Waals surface area contributed by atoms with Crippen molar-refractivity contribution in [3.05, 3.63) is 59.7 Å². The molecule has 0 unspecified atom stereocenters. The van der Waals surface area contributed by atoms with Crippen molar-refractivity contribution in [1.29, 1.82) is 0 Å². The summed E-state index contributed by atoms with van der Waals surface area (Å²) >= 11 is 0. The van der Waals surface area contributed by atoms with Gasteiger partial charge in [0.1, 0.15) is 11.6 Å². The fourth-order valence-electron chi connectivity index (χ4n) is 1.38. The fraction of sp³-hybridized carbons (Fsp3) is 0.0769. The molecule has 2 aromatic carbocycles. The average molecular weight is 235 g/mol. The smallest absolute Gasteiger partial charge is 0.166 e. The SMILES string of the molecule is NCc1ccc(Oc2ccc(F)cc2)c(F)c1. The lowest BCUT2D eigenvalue weighted by Crippen LogP contribution is -1.97. The van der Waals surface area contributed by atoms with Gasteiger partial charge < -0.3 is 10.5 Å². The van der Waals surface area contributed by atoms with E-state index in [9.17, 15) is 8.78 Å². The first-order valence-electron chi connectivity index (χ1n) is 5.11. The van der Waals surface area contributed by atoms with Crippen LogP contribution in [-0.4, -0.2) is 0 Å². The molecule has 2 aromatic rings. The number of hydrogen-bond donors (Lipinski definition) is 1. The van der Waals surface area contributed by atoms with Crippen molar-refractivity contribution in [3.8, 4) is 11.5 Å². The van der Waals surface area contributed by atoms with Crippen LogP contribution in [0.1, 0.15) is 5.56 Å². The van der Waals surface area contributed by atoms with Crippen molar-refractivity contribution >= 4 is 0 Å². The van der Waals surface area contributed by atoms with Crippen LogP contribution in [0.4, 0.5) is 8.78 Å². The Labute approximate surface area is 97.6 Å². The van der Waals surface area contributed by atoms with Crippen LogP contribution >= 0.6 is 0 Å². The number of benzene rings is 2. The van der Waals surface area contributed by atoms with Crippen LogP contribution in [0, 0.1) is 11.6 Å². The van der Waals surface area contributed by atoms with Crippen molar-refractivity contribution in [2.24, 2.45) is 5.73 Å². The van der Waals surface area contributed by atoms with E-state index in [-0.39, 0.29) is 18.1 Å². The molecule has 88 valence electrons. The minimum Gasteiger partial charge on any atom is -0.454 e. The van der Waals surface area contributed by atoms with E-state index in [2.05, 4.69) is 0 Å². The Morgan fingerprint density at radius 2 is 1.71 bits per heavy atom. The van der Waals surface area contributed by atoms with Gasteiger partial charge >= 0.3 is 0 Å². The van der Waals surface area contributed by atoms with E-state index >= 15 is 0 Å². The maximum absolute atomic E-state index is 13.5. The average Bonchev–Trinajstić information content (AvgIpc) is 2.34. The van der Waals surface area contributed by atoms with Gasteiger partial charge in [0.2, 0.25) is 0 Å². The molecule has 0 atom stereocenters. The number of nitrogens with two attached hydrogens (primary N) is 1. The topological polar surface area (TPSA) is 35.2 Å². The van der Waals surface area contributed by atoms with Gasteiger partial charge in [-0.25, -0.2) is 8.78 Å². The predicted molar refractivity (Wildman–Crippen MR) is 60.8 cm³/mol. The van der Waals surface area contributed by atoms with Gasteiger partial charge in [-0.05, 0) is 42.0 Å². The molecule has 17 heavy (non-hydrogen) atoms. The predicted octanol–water partition coefficient (Wildman–Crippen LogP) is 3.22. The molecule has 0 aliphatic carbocycles. The fourth-order valence-corrected chi connectivity index (χ4v) is 1.38. The maximum Gasteiger partial charge on any atom is 0.166 e. The molecular formula is C13H11F2NO. The van der Waals surface area contributed by atoms with Gasteiger partial charge in [0.05, 0.1) is 0 Å². The van der Waals surface area contributed by atoms with Crippen molar-refractivity contribution in [1.82, 2.24) is 0 Å². The summed E-state index contributed by atoms with van der Waals surface area (Å²) in [6, 6.07) is 9.88. The second-order valence-electron chi connectivity index (χ2n) is 3.52. The summed E-state index contributed by atoms with van der Waals surface area (Å²) in [6.45, 7) is 0.272. The molecule has 0 saturated carbocycles. The Bertz CT molecular complexity index is 511. The highest BCUT2D eigenvalue weighted by molar-refractivity contribution is 5.34. The zero-order valence-corrected chi connectivity index (χ0v) is 8.99. The Morgan fingerprint density at radius 1 is 1.00 bits per heavy atom. The van der Waals surface area contributed by atoms with Crippen molar-refractivity contribution in [2.75, 3.05) is 0 Å². The minimum absolute atomic E-state index is 0.0915. The van der Waals surface area contributed by atoms with Crippen LogP contribution < -0.4 is 10.5 Å². The van der Waals surface area contributed by atoms with Gasteiger partial charge in [0.15, 0.2) is 11.6 Å². The summed E-state index contributed by atoms with van der Waals surface area (Å²) < 4.78 is 31.5. The quantitative estimate of drug-likeness (QED) is 0.886. The molecule has 0 aromatic heterocycles. The second-order valence-corrected chi connectivity index (χ2v) is 3.52. The Morgan fingerprint density at radius 3 is 2.29 bits per heavy atom. The van der Waals surface area contributed by atoms with Crippen molar-refractivity contribution < 1.29 is 13.5 Å². The van der Waals surface area contributed by atoms with Crippen LogP contribution in [0.3, 0.4) is 0 Å². The third-order valence-corrected chi connectivity index (χ3v) is 2.27. The van der Waals surface area contributed by atoms with E-state index in [4.69, 9.17) is 10.5 Å². The molecule has 0 radical (unpaired) electrons. The Balaban J connectivity index is 2.21. The van der Waals surface area contributed by atoms with E-state index in [1.165, 1.54) is 36.4 Å². The molecule has 0 heterocycles. The number of halogens is 2. The largest absolute Gasteiger partial charge is 0.454 e. The lowest BCUT2D eigenvalue weighted by Gasteiger charge is -2.07. The Hall–Kier alpha value is -1.94. The van der Waals surface area contributed by atoms with E-state index in [0.29, 0.717) is 11.3 Å². The first kappa shape index (κ1) is 11.5. The van der Waals surface area contributed by atoms with Gasteiger partial charge in [-0.2, -0.15) is 0 Å². The third-order valence-electron chi connectivity index (χ3n) is 2.27. The monoisotopic (exact) mass is 235 g/mol. The summed E-state index contributed by atoms with van der Waals surface area (Å²) in [5.74, 6) is -0.381. The van der Waals surface area contributed by atoms with Gasteiger partial charge in [-0.1, -0.05) is 6.07 Å². The molecule has 0 amide bonds. The molecule has 2 rings (SSSR count). The normalized spacial score (nSPS) is 10.3. The highest BCUT2D eigenvalue weighted by atomic mass is 19.1. The van der Waals surface area contributed by atoms with Gasteiger partial charge in [0.25, 0.3) is 0 Å². The second kappa shape index (κ2) is 4.93.